The second-order valence-corrected chi connectivity index (χ2v) is 7.21. The molecule has 1 atom stereocenters. The van der Waals surface area contributed by atoms with Crippen LogP contribution in [-0.2, 0) is 17.6 Å². The van der Waals surface area contributed by atoms with Crippen molar-refractivity contribution < 1.29 is 4.74 Å². The molecule has 0 amide bonds. The lowest BCUT2D eigenvalue weighted by Crippen LogP contribution is -2.32. The van der Waals surface area contributed by atoms with E-state index in [0.717, 1.165) is 50.5 Å². The normalized spacial score (nSPS) is 24.6. The predicted octanol–water partition coefficient (Wildman–Crippen LogP) is 2.49. The minimum Gasteiger partial charge on any atom is -0.373 e. The van der Waals surface area contributed by atoms with Gasteiger partial charge in [0.2, 0.25) is 5.95 Å². The van der Waals surface area contributed by atoms with Gasteiger partial charge in [-0.05, 0) is 32.2 Å². The van der Waals surface area contributed by atoms with Gasteiger partial charge in [0.05, 0.1) is 23.9 Å². The summed E-state index contributed by atoms with van der Waals surface area (Å²) in [5.41, 5.74) is 8.37. The number of halogens is 2. The van der Waals surface area contributed by atoms with E-state index in [1.54, 1.807) is 0 Å². The highest BCUT2D eigenvalue weighted by atomic mass is 35.5. The van der Waals surface area contributed by atoms with Gasteiger partial charge >= 0.3 is 0 Å². The van der Waals surface area contributed by atoms with Crippen molar-refractivity contribution >= 4 is 36.6 Å². The van der Waals surface area contributed by atoms with Crippen LogP contribution in [0.25, 0.3) is 0 Å². The highest BCUT2D eigenvalue weighted by Gasteiger charge is 2.41. The lowest BCUT2D eigenvalue weighted by atomic mass is 9.82. The van der Waals surface area contributed by atoms with E-state index >= 15 is 0 Å². The third-order valence-electron chi connectivity index (χ3n) is 5.52. The Morgan fingerprint density at radius 1 is 1.08 bits per heavy atom. The van der Waals surface area contributed by atoms with E-state index < -0.39 is 0 Å². The Hall–Kier alpha value is -0.820. The summed E-state index contributed by atoms with van der Waals surface area (Å²) in [6, 6.07) is 0.336. The number of nitrogens with zero attached hydrogens (tertiary/aromatic N) is 2. The average molecular weight is 390 g/mol. The molecule has 0 aromatic carbocycles. The zero-order valence-corrected chi connectivity index (χ0v) is 16.2. The molecule has 0 bridgehead atoms. The molecule has 2 fully saturated rings. The summed E-state index contributed by atoms with van der Waals surface area (Å²) < 4.78 is 6.22. The zero-order chi connectivity index (χ0) is 15.7. The number of ether oxygens (including phenoxy) is 1. The molecule has 3 heterocycles. The number of nitrogens with two attached hydrogens (primary N) is 1. The lowest BCUT2D eigenvalue weighted by molar-refractivity contribution is -0.0244. The molecule has 1 saturated carbocycles. The summed E-state index contributed by atoms with van der Waals surface area (Å²) in [7, 11) is 0. The van der Waals surface area contributed by atoms with Crippen molar-refractivity contribution in [2.24, 2.45) is 0 Å². The summed E-state index contributed by atoms with van der Waals surface area (Å²) in [5, 5.41) is 7.05. The van der Waals surface area contributed by atoms with Gasteiger partial charge < -0.3 is 21.1 Å². The van der Waals surface area contributed by atoms with E-state index in [9.17, 15) is 0 Å². The zero-order valence-electron chi connectivity index (χ0n) is 14.6. The summed E-state index contributed by atoms with van der Waals surface area (Å²) in [5.74, 6) is 1.30. The Labute approximate surface area is 161 Å². The molecular weight excluding hydrogens is 361 g/mol. The van der Waals surface area contributed by atoms with Crippen molar-refractivity contribution in [2.75, 3.05) is 30.7 Å². The molecule has 1 aromatic rings. The molecule has 1 unspecified atom stereocenters. The van der Waals surface area contributed by atoms with Crippen LogP contribution in [0.5, 0.6) is 0 Å². The molecule has 3 aliphatic rings. The molecule has 6 nitrogen and oxygen atoms in total. The first-order valence-electron chi connectivity index (χ1n) is 9.01. The number of anilines is 2. The van der Waals surface area contributed by atoms with Crippen LogP contribution >= 0.6 is 24.8 Å². The van der Waals surface area contributed by atoms with Gasteiger partial charge in [0.25, 0.3) is 0 Å². The topological polar surface area (TPSA) is 85.1 Å². The van der Waals surface area contributed by atoms with E-state index in [0.29, 0.717) is 12.0 Å². The van der Waals surface area contributed by atoms with E-state index in [4.69, 9.17) is 10.5 Å². The van der Waals surface area contributed by atoms with E-state index in [1.165, 1.54) is 37.7 Å². The van der Waals surface area contributed by atoms with E-state index in [-0.39, 0.29) is 30.4 Å². The largest absolute Gasteiger partial charge is 0.373 e. The van der Waals surface area contributed by atoms with Gasteiger partial charge in [-0.1, -0.05) is 19.3 Å². The minimum absolute atomic E-state index is 0. The van der Waals surface area contributed by atoms with Crippen molar-refractivity contribution in [3.63, 3.8) is 0 Å². The molecule has 2 aliphatic heterocycles. The SMILES string of the molecule is Cl.Cl.Nc1nc2c(c(NC3COC4(CCCCC4)C3)n1)CCNCC2. The second kappa shape index (κ2) is 8.71. The maximum absolute atomic E-state index is 6.22. The Kier molecular flexibility index (Phi) is 7.14. The van der Waals surface area contributed by atoms with Crippen LogP contribution in [0.3, 0.4) is 0 Å². The van der Waals surface area contributed by atoms with Crippen molar-refractivity contribution in [3.05, 3.63) is 11.3 Å². The minimum atomic E-state index is 0. The van der Waals surface area contributed by atoms with E-state index in [1.807, 2.05) is 0 Å². The summed E-state index contributed by atoms with van der Waals surface area (Å²) in [4.78, 5) is 8.95. The first-order valence-corrected chi connectivity index (χ1v) is 9.01. The molecule has 25 heavy (non-hydrogen) atoms. The summed E-state index contributed by atoms with van der Waals surface area (Å²) in [6.45, 7) is 2.70. The fraction of sp³-hybridized carbons (Fsp3) is 0.765. The van der Waals surface area contributed by atoms with Gasteiger partial charge in [-0.2, -0.15) is 4.98 Å². The van der Waals surface area contributed by atoms with Crippen molar-refractivity contribution in [1.29, 1.82) is 0 Å². The second-order valence-electron chi connectivity index (χ2n) is 7.21. The van der Waals surface area contributed by atoms with Crippen LogP contribution in [0.2, 0.25) is 0 Å². The highest BCUT2D eigenvalue weighted by Crippen LogP contribution is 2.40. The van der Waals surface area contributed by atoms with Gasteiger partial charge in [-0.3, -0.25) is 0 Å². The van der Waals surface area contributed by atoms with Crippen LogP contribution < -0.4 is 16.4 Å². The Balaban J connectivity index is 0.00000113. The molecule has 1 aliphatic carbocycles. The van der Waals surface area contributed by atoms with Crippen molar-refractivity contribution in [1.82, 2.24) is 15.3 Å². The number of fused-ring (bicyclic) bond motifs is 1. The third kappa shape index (κ3) is 4.48. The number of aromatic nitrogens is 2. The molecule has 0 radical (unpaired) electrons. The third-order valence-corrected chi connectivity index (χ3v) is 5.52. The van der Waals surface area contributed by atoms with Crippen LogP contribution in [0, 0.1) is 0 Å². The number of nitrogens with one attached hydrogen (secondary N) is 2. The first kappa shape index (κ1) is 20.5. The van der Waals surface area contributed by atoms with Gasteiger partial charge in [0.15, 0.2) is 0 Å². The number of rotatable bonds is 2. The fourth-order valence-electron chi connectivity index (χ4n) is 4.36. The summed E-state index contributed by atoms with van der Waals surface area (Å²) in [6.07, 6.45) is 9.33. The van der Waals surface area contributed by atoms with E-state index in [2.05, 4.69) is 20.6 Å². The highest BCUT2D eigenvalue weighted by molar-refractivity contribution is 5.85. The van der Waals surface area contributed by atoms with Crippen LogP contribution in [0.1, 0.15) is 49.8 Å². The summed E-state index contributed by atoms with van der Waals surface area (Å²) >= 11 is 0. The van der Waals surface area contributed by atoms with Gasteiger partial charge in [0.1, 0.15) is 5.82 Å². The number of hydrogen-bond acceptors (Lipinski definition) is 6. The first-order chi connectivity index (χ1) is 11.2. The molecule has 4 N–H and O–H groups in total. The monoisotopic (exact) mass is 389 g/mol. The van der Waals surface area contributed by atoms with Gasteiger partial charge in [-0.15, -0.1) is 24.8 Å². The van der Waals surface area contributed by atoms with Crippen LogP contribution in [0.15, 0.2) is 0 Å². The molecular formula is C17H29Cl2N5O. The maximum Gasteiger partial charge on any atom is 0.222 e. The molecule has 4 rings (SSSR count). The Morgan fingerprint density at radius 2 is 1.84 bits per heavy atom. The van der Waals surface area contributed by atoms with Crippen molar-refractivity contribution in [2.45, 2.75) is 63.0 Å². The smallest absolute Gasteiger partial charge is 0.222 e. The maximum atomic E-state index is 6.22. The molecule has 142 valence electrons. The van der Waals surface area contributed by atoms with Crippen LogP contribution in [-0.4, -0.2) is 41.3 Å². The molecule has 8 heteroatoms. The molecule has 1 aromatic heterocycles. The molecule has 1 saturated heterocycles. The number of hydrogen-bond donors (Lipinski definition) is 3. The van der Waals surface area contributed by atoms with Crippen LogP contribution in [0.4, 0.5) is 11.8 Å². The average Bonchev–Trinajstić information content (AvgIpc) is 2.77. The number of nitrogen functional groups attached to an aromatic ring is 1. The predicted molar refractivity (Wildman–Crippen MR) is 105 cm³/mol. The Morgan fingerprint density at radius 3 is 2.64 bits per heavy atom. The quantitative estimate of drug-likeness (QED) is 0.720. The van der Waals surface area contributed by atoms with Gasteiger partial charge in [-0.25, -0.2) is 4.98 Å². The molecule has 1 spiro atoms. The fourth-order valence-corrected chi connectivity index (χ4v) is 4.36. The Bertz CT molecular complexity index is 580. The van der Waals surface area contributed by atoms with Gasteiger partial charge in [0, 0.05) is 18.5 Å². The standard InChI is InChI=1S/C17H27N5O.2ClH/c18-16-21-14-5-9-19-8-4-13(14)15(22-16)20-12-10-17(23-11-12)6-2-1-3-7-17;;/h12,19H,1-11H2,(H3,18,20,21,22);2*1H. The lowest BCUT2D eigenvalue weighted by Gasteiger charge is -2.32. The van der Waals surface area contributed by atoms with Crippen molar-refractivity contribution in [3.8, 4) is 0 Å².